The lowest BCUT2D eigenvalue weighted by molar-refractivity contribution is -0.140. The number of halogens is 5. The van der Waals surface area contributed by atoms with Crippen molar-refractivity contribution in [3.05, 3.63) is 34.9 Å². The zero-order valence-electron chi connectivity index (χ0n) is 6.90. The van der Waals surface area contributed by atoms with Crippen molar-refractivity contribution < 1.29 is 31.9 Å². The van der Waals surface area contributed by atoms with Crippen LogP contribution in [0, 0.1) is 11.6 Å². The average molecular weight is 226 g/mol. The maximum atomic E-state index is 12.7. The molecule has 0 aromatic heterocycles. The third-order valence-corrected chi connectivity index (χ3v) is 1.57. The van der Waals surface area contributed by atoms with Crippen LogP contribution in [0.4, 0.5) is 22.0 Å². The van der Waals surface area contributed by atoms with E-state index in [4.69, 9.17) is 5.11 Å². The van der Waals surface area contributed by atoms with Crippen molar-refractivity contribution in [1.29, 1.82) is 0 Å². The van der Waals surface area contributed by atoms with Crippen LogP contribution < -0.4 is 0 Å². The molecule has 0 spiro atoms. The van der Waals surface area contributed by atoms with Gasteiger partial charge in [0.1, 0.15) is 17.2 Å². The molecule has 2 nitrogen and oxygen atoms in total. The fourth-order valence-corrected chi connectivity index (χ4v) is 1.03. The van der Waals surface area contributed by atoms with E-state index in [0.29, 0.717) is 0 Å². The summed E-state index contributed by atoms with van der Waals surface area (Å²) >= 11 is 0. The first-order chi connectivity index (χ1) is 6.73. The van der Waals surface area contributed by atoms with Crippen LogP contribution in [0.3, 0.4) is 0 Å². The van der Waals surface area contributed by atoms with Gasteiger partial charge in [-0.2, -0.15) is 13.2 Å². The number of benzene rings is 1. The Bertz CT molecular complexity index is 410. The van der Waals surface area contributed by atoms with E-state index in [2.05, 4.69) is 0 Å². The van der Waals surface area contributed by atoms with Gasteiger partial charge in [0.15, 0.2) is 0 Å². The van der Waals surface area contributed by atoms with E-state index < -0.39 is 34.9 Å². The van der Waals surface area contributed by atoms with Crippen LogP contribution in [0.1, 0.15) is 15.9 Å². The van der Waals surface area contributed by atoms with Crippen LogP contribution >= 0.6 is 0 Å². The number of carbonyl (C=O) groups is 1. The minimum Gasteiger partial charge on any atom is -0.478 e. The number of rotatable bonds is 1. The molecule has 15 heavy (non-hydrogen) atoms. The number of aromatic carboxylic acids is 1. The third-order valence-electron chi connectivity index (χ3n) is 1.57. The molecule has 1 aromatic carbocycles. The lowest BCUT2D eigenvalue weighted by atomic mass is 10.1. The first kappa shape index (κ1) is 11.4. The van der Waals surface area contributed by atoms with Gasteiger partial charge in [-0.05, 0) is 6.07 Å². The van der Waals surface area contributed by atoms with Crippen molar-refractivity contribution >= 4 is 5.97 Å². The third kappa shape index (κ3) is 2.23. The molecule has 0 unspecified atom stereocenters. The van der Waals surface area contributed by atoms with Gasteiger partial charge in [-0.25, -0.2) is 13.6 Å². The number of carboxylic acid groups (broad SMARTS) is 1. The second kappa shape index (κ2) is 3.48. The standard InChI is InChI=1S/C8H3F5O2/c9-3-1-4(7(14)15)6(5(10)2-3)8(11,12)13/h1-2H,(H,14,15). The molecule has 0 heterocycles. The van der Waals surface area contributed by atoms with Crippen molar-refractivity contribution in [3.63, 3.8) is 0 Å². The smallest absolute Gasteiger partial charge is 0.420 e. The summed E-state index contributed by atoms with van der Waals surface area (Å²) in [6.07, 6.45) is -5.18. The first-order valence-electron chi connectivity index (χ1n) is 3.53. The molecule has 1 rings (SSSR count). The van der Waals surface area contributed by atoms with Crippen LogP contribution in [0.15, 0.2) is 12.1 Å². The van der Waals surface area contributed by atoms with E-state index in [1.807, 2.05) is 0 Å². The van der Waals surface area contributed by atoms with Gasteiger partial charge in [-0.3, -0.25) is 0 Å². The highest BCUT2D eigenvalue weighted by atomic mass is 19.4. The lowest BCUT2D eigenvalue weighted by Gasteiger charge is -2.10. The molecule has 82 valence electrons. The summed E-state index contributed by atoms with van der Waals surface area (Å²) in [7, 11) is 0. The topological polar surface area (TPSA) is 37.3 Å². The number of hydrogen-bond acceptors (Lipinski definition) is 1. The van der Waals surface area contributed by atoms with Crippen molar-refractivity contribution in [2.75, 3.05) is 0 Å². The van der Waals surface area contributed by atoms with Crippen molar-refractivity contribution in [1.82, 2.24) is 0 Å². The van der Waals surface area contributed by atoms with E-state index in [-0.39, 0.29) is 12.1 Å². The summed E-state index contributed by atoms with van der Waals surface area (Å²) in [6, 6.07) is 0.101. The van der Waals surface area contributed by atoms with Gasteiger partial charge in [0.25, 0.3) is 0 Å². The van der Waals surface area contributed by atoms with Gasteiger partial charge in [0, 0.05) is 6.07 Å². The van der Waals surface area contributed by atoms with Gasteiger partial charge in [-0.15, -0.1) is 0 Å². The monoisotopic (exact) mass is 226 g/mol. The fraction of sp³-hybridized carbons (Fsp3) is 0.125. The molecular formula is C8H3F5O2. The van der Waals surface area contributed by atoms with Gasteiger partial charge in [0.2, 0.25) is 0 Å². The maximum absolute atomic E-state index is 12.7. The first-order valence-corrected chi connectivity index (χ1v) is 3.53. The van der Waals surface area contributed by atoms with Crippen LogP contribution in [-0.2, 0) is 6.18 Å². The largest absolute Gasteiger partial charge is 0.478 e. The lowest BCUT2D eigenvalue weighted by Crippen LogP contribution is -2.16. The van der Waals surface area contributed by atoms with Gasteiger partial charge >= 0.3 is 12.1 Å². The highest BCUT2D eigenvalue weighted by molar-refractivity contribution is 5.89. The van der Waals surface area contributed by atoms with Crippen LogP contribution in [0.5, 0.6) is 0 Å². The molecule has 0 aliphatic rings. The molecule has 0 aliphatic carbocycles. The summed E-state index contributed by atoms with van der Waals surface area (Å²) in [5.41, 5.74) is -3.42. The van der Waals surface area contributed by atoms with Gasteiger partial charge in [0.05, 0.1) is 5.56 Å². The van der Waals surface area contributed by atoms with E-state index >= 15 is 0 Å². The zero-order chi connectivity index (χ0) is 11.8. The normalized spacial score (nSPS) is 11.5. The highest BCUT2D eigenvalue weighted by Gasteiger charge is 2.39. The van der Waals surface area contributed by atoms with Gasteiger partial charge in [-0.1, -0.05) is 0 Å². The molecule has 0 atom stereocenters. The molecule has 0 fully saturated rings. The minimum absolute atomic E-state index is 0.0186. The maximum Gasteiger partial charge on any atom is 0.420 e. The quantitative estimate of drug-likeness (QED) is 0.747. The predicted molar refractivity (Wildman–Crippen MR) is 38.3 cm³/mol. The molecule has 0 bridgehead atoms. The average Bonchev–Trinajstić information content (AvgIpc) is 1.99. The van der Waals surface area contributed by atoms with E-state index in [1.54, 1.807) is 0 Å². The van der Waals surface area contributed by atoms with Crippen LogP contribution in [-0.4, -0.2) is 11.1 Å². The van der Waals surface area contributed by atoms with Crippen molar-refractivity contribution in [2.24, 2.45) is 0 Å². The second-order valence-corrected chi connectivity index (χ2v) is 2.61. The number of carboxylic acids is 1. The molecule has 0 amide bonds. The Kier molecular flexibility index (Phi) is 2.65. The molecule has 7 heteroatoms. The molecule has 0 saturated heterocycles. The highest BCUT2D eigenvalue weighted by Crippen LogP contribution is 2.34. The van der Waals surface area contributed by atoms with Crippen molar-refractivity contribution in [2.45, 2.75) is 6.18 Å². The Morgan fingerprint density at radius 3 is 2.13 bits per heavy atom. The molecular weight excluding hydrogens is 223 g/mol. The van der Waals surface area contributed by atoms with Crippen LogP contribution in [0.25, 0.3) is 0 Å². The van der Waals surface area contributed by atoms with E-state index in [0.717, 1.165) is 0 Å². The Balaban J connectivity index is 3.55. The Morgan fingerprint density at radius 2 is 1.73 bits per heavy atom. The predicted octanol–water partition coefficient (Wildman–Crippen LogP) is 2.68. The SMILES string of the molecule is O=C(O)c1cc(F)cc(F)c1C(F)(F)F. The second-order valence-electron chi connectivity index (χ2n) is 2.61. The summed E-state index contributed by atoms with van der Waals surface area (Å²) in [5, 5.41) is 8.34. The summed E-state index contributed by atoms with van der Waals surface area (Å²) in [4.78, 5) is 10.3. The molecule has 1 N–H and O–H groups in total. The zero-order valence-corrected chi connectivity index (χ0v) is 6.90. The number of alkyl halides is 3. The van der Waals surface area contributed by atoms with E-state index in [9.17, 15) is 26.7 Å². The molecule has 1 aromatic rings. The van der Waals surface area contributed by atoms with Gasteiger partial charge < -0.3 is 5.11 Å². The molecule has 0 radical (unpaired) electrons. The Hall–Kier alpha value is -1.66. The number of hydrogen-bond donors (Lipinski definition) is 1. The fourth-order valence-electron chi connectivity index (χ4n) is 1.03. The molecule has 0 aliphatic heterocycles. The molecule has 0 saturated carbocycles. The Morgan fingerprint density at radius 1 is 1.20 bits per heavy atom. The van der Waals surface area contributed by atoms with Crippen molar-refractivity contribution in [3.8, 4) is 0 Å². The van der Waals surface area contributed by atoms with Crippen LogP contribution in [0.2, 0.25) is 0 Å². The Labute approximate surface area is 79.9 Å². The minimum atomic E-state index is -5.18. The summed E-state index contributed by atoms with van der Waals surface area (Å²) in [5.74, 6) is -5.36. The summed E-state index contributed by atoms with van der Waals surface area (Å²) in [6.45, 7) is 0. The van der Waals surface area contributed by atoms with E-state index in [1.165, 1.54) is 0 Å². The summed E-state index contributed by atoms with van der Waals surface area (Å²) < 4.78 is 61.8.